The largest absolute Gasteiger partial charge is 0.446 e. The highest BCUT2D eigenvalue weighted by atomic mass is 35.5. The van der Waals surface area contributed by atoms with Gasteiger partial charge in [0.25, 0.3) is 0 Å². The molecule has 2 aromatic carbocycles. The Labute approximate surface area is 124 Å². The molecule has 0 saturated carbocycles. The van der Waals surface area contributed by atoms with Gasteiger partial charge >= 0.3 is 5.76 Å². The summed E-state index contributed by atoms with van der Waals surface area (Å²) >= 11 is 11.9. The topological polar surface area (TPSA) is 48.0 Å². The Hall–Kier alpha value is -2.04. The van der Waals surface area contributed by atoms with Crippen LogP contribution in [0.3, 0.4) is 0 Å². The maximum absolute atomic E-state index is 11.9. The summed E-state index contributed by atoms with van der Waals surface area (Å²) in [7, 11) is 0. The summed E-state index contributed by atoms with van der Waals surface area (Å²) in [6.07, 6.45) is 0. The zero-order chi connectivity index (χ0) is 14.1. The lowest BCUT2D eigenvalue weighted by molar-refractivity contribution is 0.383. The summed E-state index contributed by atoms with van der Waals surface area (Å²) in [5, 5.41) is 4.67. The molecule has 0 atom stereocenters. The predicted octanol–water partition coefficient (Wildman–Crippen LogP) is 3.80. The van der Waals surface area contributed by atoms with E-state index >= 15 is 0 Å². The molecule has 0 aliphatic rings. The molecule has 0 N–H and O–H groups in total. The van der Waals surface area contributed by atoms with Crippen LogP contribution < -0.4 is 5.76 Å². The summed E-state index contributed by atoms with van der Waals surface area (Å²) in [6, 6.07) is 14.1. The van der Waals surface area contributed by atoms with Gasteiger partial charge in [-0.05, 0) is 18.2 Å². The Morgan fingerprint density at radius 3 is 2.30 bits per heavy atom. The van der Waals surface area contributed by atoms with Crippen molar-refractivity contribution < 1.29 is 4.52 Å². The molecule has 1 heterocycles. The van der Waals surface area contributed by atoms with E-state index in [-0.39, 0.29) is 0 Å². The fourth-order valence-corrected chi connectivity index (χ4v) is 2.43. The van der Waals surface area contributed by atoms with Crippen molar-refractivity contribution in [1.82, 2.24) is 9.72 Å². The standard InChI is InChI=1S/C14H8Cl2N2O2/c15-10-6-11(16)8-12(7-10)18-13(17-20-14(18)19)9-4-2-1-3-5-9/h1-8H. The van der Waals surface area contributed by atoms with Gasteiger partial charge in [0, 0.05) is 15.6 Å². The number of hydrogen-bond acceptors (Lipinski definition) is 3. The van der Waals surface area contributed by atoms with Crippen molar-refractivity contribution in [2.24, 2.45) is 0 Å². The molecular weight excluding hydrogens is 299 g/mol. The third-order valence-corrected chi connectivity index (χ3v) is 3.18. The number of nitrogens with zero attached hydrogens (tertiary/aromatic N) is 2. The number of halogens is 2. The molecule has 3 aromatic rings. The minimum absolute atomic E-state index is 0.397. The van der Waals surface area contributed by atoms with E-state index in [0.29, 0.717) is 21.6 Å². The second kappa shape index (κ2) is 5.15. The Morgan fingerprint density at radius 2 is 1.65 bits per heavy atom. The van der Waals surface area contributed by atoms with Gasteiger partial charge in [0.15, 0.2) is 5.82 Å². The summed E-state index contributed by atoms with van der Waals surface area (Å²) in [6.45, 7) is 0. The van der Waals surface area contributed by atoms with E-state index in [1.807, 2.05) is 30.3 Å². The van der Waals surface area contributed by atoms with Crippen LogP contribution in [-0.2, 0) is 0 Å². The van der Waals surface area contributed by atoms with Crippen LogP contribution in [0.1, 0.15) is 0 Å². The molecular formula is C14H8Cl2N2O2. The predicted molar refractivity (Wildman–Crippen MR) is 77.6 cm³/mol. The number of rotatable bonds is 2. The minimum atomic E-state index is -0.595. The van der Waals surface area contributed by atoms with E-state index in [1.165, 1.54) is 4.57 Å². The van der Waals surface area contributed by atoms with Crippen LogP contribution in [0.4, 0.5) is 0 Å². The molecule has 0 aliphatic heterocycles. The van der Waals surface area contributed by atoms with Crippen LogP contribution in [0.15, 0.2) is 57.8 Å². The van der Waals surface area contributed by atoms with Crippen molar-refractivity contribution in [3.05, 3.63) is 69.1 Å². The van der Waals surface area contributed by atoms with Gasteiger partial charge in [-0.3, -0.25) is 4.52 Å². The fourth-order valence-electron chi connectivity index (χ4n) is 1.92. The molecule has 1 aromatic heterocycles. The first-order valence-corrected chi connectivity index (χ1v) is 6.51. The van der Waals surface area contributed by atoms with Crippen molar-refractivity contribution >= 4 is 23.2 Å². The lowest BCUT2D eigenvalue weighted by atomic mass is 10.2. The molecule has 0 radical (unpaired) electrons. The van der Waals surface area contributed by atoms with Crippen LogP contribution in [0, 0.1) is 0 Å². The molecule has 3 rings (SSSR count). The van der Waals surface area contributed by atoms with Crippen molar-refractivity contribution in [3.63, 3.8) is 0 Å². The molecule has 0 amide bonds. The lowest BCUT2D eigenvalue weighted by Gasteiger charge is -2.05. The van der Waals surface area contributed by atoms with Crippen molar-refractivity contribution in [1.29, 1.82) is 0 Å². The Balaban J connectivity index is 2.24. The molecule has 6 heteroatoms. The van der Waals surface area contributed by atoms with E-state index in [1.54, 1.807) is 18.2 Å². The second-order valence-corrected chi connectivity index (χ2v) is 4.97. The maximum atomic E-state index is 11.9. The van der Waals surface area contributed by atoms with Crippen LogP contribution >= 0.6 is 23.2 Å². The van der Waals surface area contributed by atoms with Gasteiger partial charge in [-0.15, -0.1) is 0 Å². The summed E-state index contributed by atoms with van der Waals surface area (Å²) in [5.74, 6) is -0.198. The van der Waals surface area contributed by atoms with Gasteiger partial charge in [0.05, 0.1) is 5.69 Å². The fraction of sp³-hybridized carbons (Fsp3) is 0. The Morgan fingerprint density at radius 1 is 1.00 bits per heavy atom. The normalized spacial score (nSPS) is 10.7. The van der Waals surface area contributed by atoms with E-state index in [9.17, 15) is 4.79 Å². The summed E-state index contributed by atoms with van der Waals surface area (Å²) in [4.78, 5) is 11.9. The molecule has 20 heavy (non-hydrogen) atoms. The molecule has 0 unspecified atom stereocenters. The molecule has 100 valence electrons. The first-order valence-electron chi connectivity index (χ1n) is 5.76. The van der Waals surface area contributed by atoms with E-state index in [2.05, 4.69) is 5.16 Å². The first-order chi connectivity index (χ1) is 9.65. The highest BCUT2D eigenvalue weighted by molar-refractivity contribution is 6.34. The minimum Gasteiger partial charge on any atom is -0.295 e. The third-order valence-electron chi connectivity index (χ3n) is 2.74. The summed E-state index contributed by atoms with van der Waals surface area (Å²) < 4.78 is 6.08. The van der Waals surface area contributed by atoms with Crippen LogP contribution in [0.25, 0.3) is 17.1 Å². The maximum Gasteiger partial charge on any atom is 0.446 e. The van der Waals surface area contributed by atoms with Gasteiger partial charge in [0.2, 0.25) is 0 Å². The van der Waals surface area contributed by atoms with Crippen molar-refractivity contribution in [2.45, 2.75) is 0 Å². The SMILES string of the molecule is O=c1onc(-c2ccccc2)n1-c1cc(Cl)cc(Cl)c1. The Bertz CT molecular complexity index is 789. The van der Waals surface area contributed by atoms with Gasteiger partial charge in [-0.2, -0.15) is 0 Å². The molecule has 0 bridgehead atoms. The van der Waals surface area contributed by atoms with E-state index in [0.717, 1.165) is 5.56 Å². The van der Waals surface area contributed by atoms with Gasteiger partial charge < -0.3 is 0 Å². The van der Waals surface area contributed by atoms with E-state index in [4.69, 9.17) is 27.7 Å². The van der Waals surface area contributed by atoms with Gasteiger partial charge in [-0.1, -0.05) is 58.7 Å². The quantitative estimate of drug-likeness (QED) is 0.723. The van der Waals surface area contributed by atoms with Crippen molar-refractivity contribution in [2.75, 3.05) is 0 Å². The lowest BCUT2D eigenvalue weighted by Crippen LogP contribution is -2.13. The zero-order valence-electron chi connectivity index (χ0n) is 10.1. The number of aromatic nitrogens is 2. The van der Waals surface area contributed by atoms with E-state index < -0.39 is 5.76 Å². The van der Waals surface area contributed by atoms with Crippen LogP contribution in [0.2, 0.25) is 10.0 Å². The summed E-state index contributed by atoms with van der Waals surface area (Å²) in [5.41, 5.74) is 1.27. The average Bonchev–Trinajstić information content (AvgIpc) is 2.80. The zero-order valence-corrected chi connectivity index (χ0v) is 11.6. The van der Waals surface area contributed by atoms with Crippen molar-refractivity contribution in [3.8, 4) is 17.1 Å². The van der Waals surface area contributed by atoms with Crippen LogP contribution in [0.5, 0.6) is 0 Å². The van der Waals surface area contributed by atoms with Gasteiger partial charge in [0.1, 0.15) is 0 Å². The molecule has 0 spiro atoms. The highest BCUT2D eigenvalue weighted by Crippen LogP contribution is 2.24. The third kappa shape index (κ3) is 2.35. The second-order valence-electron chi connectivity index (χ2n) is 4.10. The molecule has 0 fully saturated rings. The molecule has 0 aliphatic carbocycles. The monoisotopic (exact) mass is 306 g/mol. The Kier molecular flexibility index (Phi) is 3.34. The highest BCUT2D eigenvalue weighted by Gasteiger charge is 2.15. The van der Waals surface area contributed by atoms with Crippen LogP contribution in [-0.4, -0.2) is 9.72 Å². The molecule has 4 nitrogen and oxygen atoms in total. The smallest absolute Gasteiger partial charge is 0.295 e. The number of hydrogen-bond donors (Lipinski definition) is 0. The molecule has 0 saturated heterocycles. The first kappa shape index (κ1) is 13.0. The number of benzene rings is 2. The average molecular weight is 307 g/mol. The van der Waals surface area contributed by atoms with Gasteiger partial charge in [-0.25, -0.2) is 9.36 Å².